The van der Waals surface area contributed by atoms with Crippen molar-refractivity contribution in [2.24, 2.45) is 5.73 Å². The Kier molecular flexibility index (Phi) is 7.57. The molecule has 0 radical (unpaired) electrons. The molecule has 0 fully saturated rings. The Labute approximate surface area is 90.2 Å². The molecule has 4 N–H and O–H groups in total. The van der Waals surface area contributed by atoms with Gasteiger partial charge in [0.25, 0.3) is 0 Å². The monoisotopic (exact) mass is 216 g/mol. The molecule has 0 saturated heterocycles. The summed E-state index contributed by atoms with van der Waals surface area (Å²) in [6.07, 6.45) is 2.08. The number of primary amides is 1. The van der Waals surface area contributed by atoms with Crippen molar-refractivity contribution in [3.63, 3.8) is 0 Å². The quantitative estimate of drug-likeness (QED) is 0.482. The number of carbonyl (C=O) groups is 2. The maximum absolute atomic E-state index is 10.9. The first-order valence-corrected chi connectivity index (χ1v) is 4.97. The van der Waals surface area contributed by atoms with E-state index in [1.165, 1.54) is 0 Å². The first-order valence-electron chi connectivity index (χ1n) is 4.97. The average molecular weight is 216 g/mol. The first-order chi connectivity index (χ1) is 7.02. The third kappa shape index (κ3) is 10.8. The summed E-state index contributed by atoms with van der Waals surface area (Å²) in [5.41, 5.74) is 4.77. The standard InChI is InChI=1S/C9H20N4O2/c1-13(2)6-4-3-5-11-7-8(14)12-9(10)15/h11H,3-7H2,1-2H3,(H3,10,12,14,15). The number of nitrogens with two attached hydrogens (primary N) is 1. The number of nitrogens with one attached hydrogen (secondary N) is 2. The van der Waals surface area contributed by atoms with Crippen molar-refractivity contribution in [1.82, 2.24) is 15.5 Å². The lowest BCUT2D eigenvalue weighted by Crippen LogP contribution is -2.40. The molecule has 0 aromatic carbocycles. The Balaban J connectivity index is 3.24. The van der Waals surface area contributed by atoms with Gasteiger partial charge < -0.3 is 16.0 Å². The van der Waals surface area contributed by atoms with Crippen molar-refractivity contribution in [3.8, 4) is 0 Å². The third-order valence-corrected chi connectivity index (χ3v) is 1.76. The van der Waals surface area contributed by atoms with E-state index < -0.39 is 11.9 Å². The van der Waals surface area contributed by atoms with Gasteiger partial charge in [-0.25, -0.2) is 4.79 Å². The second-order valence-electron chi connectivity index (χ2n) is 3.60. The van der Waals surface area contributed by atoms with Crippen LogP contribution in [0.4, 0.5) is 4.79 Å². The molecule has 15 heavy (non-hydrogen) atoms. The van der Waals surface area contributed by atoms with Gasteiger partial charge in [-0.1, -0.05) is 0 Å². The number of imide groups is 1. The van der Waals surface area contributed by atoms with Gasteiger partial charge in [0.05, 0.1) is 6.54 Å². The van der Waals surface area contributed by atoms with Crippen molar-refractivity contribution in [1.29, 1.82) is 0 Å². The number of carbonyl (C=O) groups excluding carboxylic acids is 2. The van der Waals surface area contributed by atoms with Crippen LogP contribution in [0, 0.1) is 0 Å². The molecule has 3 amide bonds. The van der Waals surface area contributed by atoms with Crippen LogP contribution in [-0.4, -0.2) is 50.6 Å². The molecule has 88 valence electrons. The number of amides is 3. The topological polar surface area (TPSA) is 87.5 Å². The molecular weight excluding hydrogens is 196 g/mol. The highest BCUT2D eigenvalue weighted by Crippen LogP contribution is 1.88. The summed E-state index contributed by atoms with van der Waals surface area (Å²) in [5.74, 6) is -0.393. The van der Waals surface area contributed by atoms with E-state index in [-0.39, 0.29) is 6.54 Å². The van der Waals surface area contributed by atoms with Gasteiger partial charge in [-0.3, -0.25) is 10.1 Å². The minimum absolute atomic E-state index is 0.130. The zero-order valence-corrected chi connectivity index (χ0v) is 9.38. The van der Waals surface area contributed by atoms with Crippen molar-refractivity contribution in [3.05, 3.63) is 0 Å². The Bertz CT molecular complexity index is 206. The van der Waals surface area contributed by atoms with Gasteiger partial charge in [-0.2, -0.15) is 0 Å². The molecule has 6 nitrogen and oxygen atoms in total. The molecule has 0 saturated carbocycles. The van der Waals surface area contributed by atoms with Gasteiger partial charge in [0.15, 0.2) is 0 Å². The molecule has 0 aliphatic rings. The maximum atomic E-state index is 10.9. The van der Waals surface area contributed by atoms with Gasteiger partial charge in [-0.05, 0) is 40.0 Å². The number of nitrogens with zero attached hydrogens (tertiary/aromatic N) is 1. The van der Waals surface area contributed by atoms with E-state index in [0.717, 1.165) is 25.9 Å². The Morgan fingerprint density at radius 3 is 2.47 bits per heavy atom. The minimum Gasteiger partial charge on any atom is -0.351 e. The van der Waals surface area contributed by atoms with Crippen LogP contribution in [0.2, 0.25) is 0 Å². The Morgan fingerprint density at radius 1 is 1.27 bits per heavy atom. The summed E-state index contributed by atoms with van der Waals surface area (Å²) < 4.78 is 0. The Morgan fingerprint density at radius 2 is 1.93 bits per heavy atom. The van der Waals surface area contributed by atoms with E-state index in [4.69, 9.17) is 5.73 Å². The number of rotatable bonds is 7. The number of hydrogen-bond donors (Lipinski definition) is 3. The highest BCUT2D eigenvalue weighted by Gasteiger charge is 2.02. The van der Waals surface area contributed by atoms with Crippen LogP contribution in [-0.2, 0) is 4.79 Å². The number of hydrogen-bond acceptors (Lipinski definition) is 4. The molecule has 6 heteroatoms. The fourth-order valence-electron chi connectivity index (χ4n) is 1.06. The molecule has 0 aliphatic heterocycles. The number of unbranched alkanes of at least 4 members (excludes halogenated alkanes) is 1. The van der Waals surface area contributed by atoms with Crippen molar-refractivity contribution >= 4 is 11.9 Å². The largest absolute Gasteiger partial charge is 0.351 e. The molecule has 0 atom stereocenters. The molecule has 0 aromatic rings. The summed E-state index contributed by atoms with van der Waals surface area (Å²) >= 11 is 0. The lowest BCUT2D eigenvalue weighted by molar-refractivity contribution is -0.119. The van der Waals surface area contributed by atoms with Gasteiger partial charge >= 0.3 is 6.03 Å². The highest BCUT2D eigenvalue weighted by molar-refractivity contribution is 5.94. The summed E-state index contributed by atoms with van der Waals surface area (Å²) in [5, 5.41) is 4.91. The second-order valence-corrected chi connectivity index (χ2v) is 3.60. The minimum atomic E-state index is -0.811. The van der Waals surface area contributed by atoms with Crippen LogP contribution >= 0.6 is 0 Å². The molecule has 0 spiro atoms. The number of urea groups is 1. The molecule has 0 heterocycles. The van der Waals surface area contributed by atoms with Crippen molar-refractivity contribution in [2.45, 2.75) is 12.8 Å². The van der Waals surface area contributed by atoms with Crippen LogP contribution in [0.5, 0.6) is 0 Å². The van der Waals surface area contributed by atoms with Crippen molar-refractivity contribution < 1.29 is 9.59 Å². The fourth-order valence-corrected chi connectivity index (χ4v) is 1.06. The van der Waals surface area contributed by atoms with E-state index in [1.807, 2.05) is 19.4 Å². The van der Waals surface area contributed by atoms with E-state index in [9.17, 15) is 9.59 Å². The van der Waals surface area contributed by atoms with Gasteiger partial charge in [0.2, 0.25) is 5.91 Å². The van der Waals surface area contributed by atoms with Crippen LogP contribution in [0.3, 0.4) is 0 Å². The molecule has 0 bridgehead atoms. The zero-order valence-electron chi connectivity index (χ0n) is 9.38. The second kappa shape index (κ2) is 8.19. The average Bonchev–Trinajstić information content (AvgIpc) is 2.09. The van der Waals surface area contributed by atoms with Crippen LogP contribution in [0.25, 0.3) is 0 Å². The fraction of sp³-hybridized carbons (Fsp3) is 0.778. The summed E-state index contributed by atoms with van der Waals surface area (Å²) in [6, 6.07) is -0.811. The van der Waals surface area contributed by atoms with E-state index in [1.54, 1.807) is 0 Å². The normalized spacial score (nSPS) is 10.3. The Hall–Kier alpha value is -1.14. The van der Waals surface area contributed by atoms with Crippen LogP contribution in [0.1, 0.15) is 12.8 Å². The van der Waals surface area contributed by atoms with Crippen molar-refractivity contribution in [2.75, 3.05) is 33.7 Å². The lowest BCUT2D eigenvalue weighted by atomic mass is 10.3. The van der Waals surface area contributed by atoms with Gasteiger partial charge in [0, 0.05) is 0 Å². The molecule has 0 aromatic heterocycles. The zero-order chi connectivity index (χ0) is 11.7. The SMILES string of the molecule is CN(C)CCCCNCC(=O)NC(N)=O. The van der Waals surface area contributed by atoms with Crippen LogP contribution < -0.4 is 16.4 Å². The van der Waals surface area contributed by atoms with E-state index in [0.29, 0.717) is 0 Å². The predicted octanol–water partition coefficient (Wildman–Crippen LogP) is -0.887. The molecule has 0 aliphatic carbocycles. The van der Waals surface area contributed by atoms with E-state index >= 15 is 0 Å². The highest BCUT2D eigenvalue weighted by atomic mass is 16.2. The van der Waals surface area contributed by atoms with Crippen LogP contribution in [0.15, 0.2) is 0 Å². The summed E-state index contributed by atoms with van der Waals surface area (Å²) in [6.45, 7) is 1.93. The van der Waals surface area contributed by atoms with Gasteiger partial charge in [0.1, 0.15) is 0 Å². The smallest absolute Gasteiger partial charge is 0.318 e. The third-order valence-electron chi connectivity index (χ3n) is 1.76. The summed E-state index contributed by atoms with van der Waals surface area (Å²) in [7, 11) is 4.04. The predicted molar refractivity (Wildman–Crippen MR) is 58.4 cm³/mol. The molecule has 0 unspecified atom stereocenters. The summed E-state index contributed by atoms with van der Waals surface area (Å²) in [4.78, 5) is 23.3. The lowest BCUT2D eigenvalue weighted by Gasteiger charge is -2.09. The molecule has 0 rings (SSSR count). The van der Waals surface area contributed by atoms with E-state index in [2.05, 4.69) is 10.2 Å². The maximum Gasteiger partial charge on any atom is 0.318 e. The first kappa shape index (κ1) is 13.9. The van der Waals surface area contributed by atoms with Gasteiger partial charge in [-0.15, -0.1) is 0 Å². The molecular formula is C9H20N4O2.